The third-order valence-corrected chi connectivity index (χ3v) is 5.76. The highest BCUT2D eigenvalue weighted by Gasteiger charge is 2.27. The van der Waals surface area contributed by atoms with Crippen molar-refractivity contribution in [2.24, 2.45) is 5.14 Å². The van der Waals surface area contributed by atoms with Gasteiger partial charge in [-0.15, -0.1) is 0 Å². The Balaban J connectivity index is 2.29. The smallest absolute Gasteiger partial charge is 0.241 e. The number of hydrogen-bond acceptors (Lipinski definition) is 6. The molecule has 0 spiro atoms. The fraction of sp³-hybridized carbons (Fsp3) is 0.500. The molecule has 0 amide bonds. The normalized spacial score (nSPS) is 18.0. The largest absolute Gasteiger partial charge is 0.353 e. The van der Waals surface area contributed by atoms with Gasteiger partial charge in [-0.1, -0.05) is 0 Å². The number of anilines is 1. The van der Waals surface area contributed by atoms with Crippen LogP contribution in [0, 0.1) is 0 Å². The van der Waals surface area contributed by atoms with Crippen LogP contribution in [0.5, 0.6) is 0 Å². The van der Waals surface area contributed by atoms with Crippen LogP contribution in [0.25, 0.3) is 0 Å². The second kappa shape index (κ2) is 5.80. The van der Waals surface area contributed by atoms with Gasteiger partial charge in [0.15, 0.2) is 0 Å². The van der Waals surface area contributed by atoms with Crippen LogP contribution in [0.3, 0.4) is 0 Å². The molecule has 21 heavy (non-hydrogen) atoms. The van der Waals surface area contributed by atoms with Crippen LogP contribution in [-0.2, 0) is 20.0 Å². The molecule has 1 saturated heterocycles. The maximum absolute atomic E-state index is 11.7. The molecule has 118 valence electrons. The third-order valence-electron chi connectivity index (χ3n) is 3.11. The van der Waals surface area contributed by atoms with Crippen molar-refractivity contribution in [1.29, 1.82) is 0 Å². The fourth-order valence-electron chi connectivity index (χ4n) is 2.09. The number of rotatable bonds is 3. The minimum Gasteiger partial charge on any atom is -0.353 e. The first-order chi connectivity index (χ1) is 9.59. The molecule has 0 unspecified atom stereocenters. The zero-order valence-corrected chi connectivity index (χ0v) is 14.4. The molecular weight excluding hydrogens is 384 g/mol. The van der Waals surface area contributed by atoms with Gasteiger partial charge in [-0.05, 0) is 22.0 Å². The minimum absolute atomic E-state index is 0.0790. The summed E-state index contributed by atoms with van der Waals surface area (Å²) in [6, 6.07) is 1.39. The zero-order chi connectivity index (χ0) is 15.8. The van der Waals surface area contributed by atoms with Crippen molar-refractivity contribution in [2.45, 2.75) is 4.90 Å². The van der Waals surface area contributed by atoms with Gasteiger partial charge in [0.05, 0.1) is 6.26 Å². The lowest BCUT2D eigenvalue weighted by Crippen LogP contribution is -2.49. The average Bonchev–Trinajstić information content (AvgIpc) is 2.37. The highest BCUT2D eigenvalue weighted by molar-refractivity contribution is 9.10. The highest BCUT2D eigenvalue weighted by Crippen LogP contribution is 2.26. The Hall–Kier alpha value is -0.750. The van der Waals surface area contributed by atoms with Crippen molar-refractivity contribution in [3.8, 4) is 0 Å². The van der Waals surface area contributed by atoms with Gasteiger partial charge in [-0.2, -0.15) is 4.31 Å². The first-order valence-electron chi connectivity index (χ1n) is 5.97. The SMILES string of the molecule is CS(=O)(=O)N1CCN(c2ncc(Br)cc2S(N)(=O)=O)CC1. The Labute approximate surface area is 132 Å². The summed E-state index contributed by atoms with van der Waals surface area (Å²) in [5.74, 6) is 0.244. The number of hydrogen-bond donors (Lipinski definition) is 1. The van der Waals surface area contributed by atoms with Crippen LogP contribution in [-0.4, -0.2) is 58.6 Å². The molecule has 1 aromatic rings. The molecule has 0 aliphatic carbocycles. The van der Waals surface area contributed by atoms with Crippen LogP contribution in [0.4, 0.5) is 5.82 Å². The Morgan fingerprint density at radius 3 is 2.24 bits per heavy atom. The minimum atomic E-state index is -3.91. The zero-order valence-electron chi connectivity index (χ0n) is 11.2. The molecule has 0 bridgehead atoms. The maximum atomic E-state index is 11.7. The van der Waals surface area contributed by atoms with E-state index < -0.39 is 20.0 Å². The lowest BCUT2D eigenvalue weighted by atomic mass is 10.3. The number of nitrogens with two attached hydrogens (primary N) is 1. The predicted octanol–water partition coefficient (Wildman–Crippen LogP) is -0.427. The van der Waals surface area contributed by atoms with E-state index in [9.17, 15) is 16.8 Å². The summed E-state index contributed by atoms with van der Waals surface area (Å²) in [6.07, 6.45) is 2.63. The molecule has 11 heteroatoms. The Morgan fingerprint density at radius 2 is 1.76 bits per heavy atom. The second-order valence-electron chi connectivity index (χ2n) is 4.67. The van der Waals surface area contributed by atoms with Crippen LogP contribution in [0.15, 0.2) is 21.6 Å². The van der Waals surface area contributed by atoms with E-state index in [-0.39, 0.29) is 23.8 Å². The number of halogens is 1. The van der Waals surface area contributed by atoms with Crippen molar-refractivity contribution < 1.29 is 16.8 Å². The maximum Gasteiger partial charge on any atom is 0.241 e. The summed E-state index contributed by atoms with van der Waals surface area (Å²) >= 11 is 3.16. The van der Waals surface area contributed by atoms with Crippen molar-refractivity contribution in [3.05, 3.63) is 16.7 Å². The fourth-order valence-corrected chi connectivity index (χ4v) is 4.13. The summed E-state index contributed by atoms with van der Waals surface area (Å²) in [4.78, 5) is 5.74. The Bertz CT molecular complexity index is 742. The summed E-state index contributed by atoms with van der Waals surface area (Å²) in [5.41, 5.74) is 0. The highest BCUT2D eigenvalue weighted by atomic mass is 79.9. The monoisotopic (exact) mass is 398 g/mol. The third kappa shape index (κ3) is 3.92. The van der Waals surface area contributed by atoms with Crippen LogP contribution >= 0.6 is 15.9 Å². The van der Waals surface area contributed by atoms with Gasteiger partial charge in [-0.25, -0.2) is 27.0 Å². The number of pyridine rings is 1. The molecule has 0 radical (unpaired) electrons. The Kier molecular flexibility index (Phi) is 4.59. The summed E-state index contributed by atoms with van der Waals surface area (Å²) in [7, 11) is -7.15. The van der Waals surface area contributed by atoms with E-state index in [0.717, 1.165) is 6.26 Å². The van der Waals surface area contributed by atoms with E-state index >= 15 is 0 Å². The van der Waals surface area contributed by atoms with Gasteiger partial charge in [0.2, 0.25) is 20.0 Å². The summed E-state index contributed by atoms with van der Waals surface area (Å²) in [6.45, 7) is 1.26. The molecule has 0 saturated carbocycles. The lowest BCUT2D eigenvalue weighted by molar-refractivity contribution is 0.386. The molecule has 0 atom stereocenters. The van der Waals surface area contributed by atoms with Crippen molar-refractivity contribution in [2.75, 3.05) is 37.3 Å². The van der Waals surface area contributed by atoms with E-state index in [2.05, 4.69) is 20.9 Å². The van der Waals surface area contributed by atoms with Gasteiger partial charge in [-0.3, -0.25) is 0 Å². The average molecular weight is 399 g/mol. The summed E-state index contributed by atoms with van der Waals surface area (Å²) < 4.78 is 48.1. The number of sulfonamides is 2. The van der Waals surface area contributed by atoms with E-state index in [4.69, 9.17) is 5.14 Å². The second-order valence-corrected chi connectivity index (χ2v) is 9.10. The van der Waals surface area contributed by atoms with Crippen LogP contribution in [0.1, 0.15) is 0 Å². The van der Waals surface area contributed by atoms with Gasteiger partial charge in [0.1, 0.15) is 10.7 Å². The molecule has 1 fully saturated rings. The topological polar surface area (TPSA) is 114 Å². The first kappa shape index (κ1) is 16.6. The molecule has 1 aromatic heterocycles. The molecular formula is C10H15BrN4O4S2. The van der Waals surface area contributed by atoms with E-state index in [1.54, 1.807) is 4.90 Å². The molecule has 1 aliphatic rings. The molecule has 2 rings (SSSR count). The lowest BCUT2D eigenvalue weighted by Gasteiger charge is -2.34. The molecule has 1 aliphatic heterocycles. The van der Waals surface area contributed by atoms with E-state index in [0.29, 0.717) is 17.6 Å². The van der Waals surface area contributed by atoms with Crippen LogP contribution in [0.2, 0.25) is 0 Å². The standard InChI is InChI=1S/C10H15BrN4O4S2/c1-20(16,17)15-4-2-14(3-5-15)10-9(21(12,18)19)6-8(11)7-13-10/h6-7H,2-5H2,1H3,(H2,12,18,19). The number of aromatic nitrogens is 1. The molecule has 8 nitrogen and oxygen atoms in total. The number of primary sulfonamides is 1. The molecule has 0 aromatic carbocycles. The van der Waals surface area contributed by atoms with Gasteiger partial charge >= 0.3 is 0 Å². The van der Waals surface area contributed by atoms with Gasteiger partial charge in [0, 0.05) is 36.8 Å². The van der Waals surface area contributed by atoms with Gasteiger partial charge in [0.25, 0.3) is 0 Å². The number of piperazine rings is 1. The summed E-state index contributed by atoms with van der Waals surface area (Å²) in [5, 5.41) is 5.21. The Morgan fingerprint density at radius 1 is 1.19 bits per heavy atom. The first-order valence-corrected chi connectivity index (χ1v) is 10.2. The molecule has 2 N–H and O–H groups in total. The van der Waals surface area contributed by atoms with E-state index in [1.807, 2.05) is 0 Å². The molecule has 2 heterocycles. The van der Waals surface area contributed by atoms with Crippen molar-refractivity contribution in [1.82, 2.24) is 9.29 Å². The van der Waals surface area contributed by atoms with Crippen molar-refractivity contribution >= 4 is 41.8 Å². The number of nitrogens with zero attached hydrogens (tertiary/aromatic N) is 3. The van der Waals surface area contributed by atoms with Crippen molar-refractivity contribution in [3.63, 3.8) is 0 Å². The van der Waals surface area contributed by atoms with Crippen LogP contribution < -0.4 is 10.0 Å². The quantitative estimate of drug-likeness (QED) is 0.738. The predicted molar refractivity (Wildman–Crippen MR) is 81.9 cm³/mol. The van der Waals surface area contributed by atoms with E-state index in [1.165, 1.54) is 16.6 Å². The van der Waals surface area contributed by atoms with Gasteiger partial charge < -0.3 is 4.90 Å².